The summed E-state index contributed by atoms with van der Waals surface area (Å²) >= 11 is 1.72. The molecule has 0 bridgehead atoms. The summed E-state index contributed by atoms with van der Waals surface area (Å²) in [5.74, 6) is 1.61. The molecule has 1 fully saturated rings. The fourth-order valence-electron chi connectivity index (χ4n) is 1.79. The van der Waals surface area contributed by atoms with Gasteiger partial charge in [0.2, 0.25) is 0 Å². The number of aryl methyl sites for hydroxylation is 1. The second-order valence-corrected chi connectivity index (χ2v) is 5.43. The van der Waals surface area contributed by atoms with E-state index in [1.165, 1.54) is 4.70 Å². The van der Waals surface area contributed by atoms with Crippen LogP contribution in [0, 0.1) is 12.8 Å². The zero-order valence-corrected chi connectivity index (χ0v) is 10.0. The third kappa shape index (κ3) is 1.90. The molecule has 2 aromatic rings. The zero-order valence-electron chi connectivity index (χ0n) is 9.19. The number of benzene rings is 1. The van der Waals surface area contributed by atoms with Crippen molar-refractivity contribution in [2.45, 2.75) is 6.92 Å². The fraction of sp³-hybridized carbons (Fsp3) is 0.417. The van der Waals surface area contributed by atoms with E-state index in [0.29, 0.717) is 5.92 Å². The molecule has 0 saturated carbocycles. The van der Waals surface area contributed by atoms with Crippen LogP contribution in [0.2, 0.25) is 0 Å². The summed E-state index contributed by atoms with van der Waals surface area (Å²) in [7, 11) is 0. The predicted molar refractivity (Wildman–Crippen MR) is 66.2 cm³/mol. The molecule has 0 atom stereocenters. The predicted octanol–water partition coefficient (Wildman–Crippen LogP) is 2.20. The molecule has 0 aliphatic carbocycles. The fourth-order valence-corrected chi connectivity index (χ4v) is 2.60. The minimum absolute atomic E-state index is 0.674. The van der Waals surface area contributed by atoms with Crippen molar-refractivity contribution in [2.75, 3.05) is 19.7 Å². The zero-order chi connectivity index (χ0) is 11.0. The lowest BCUT2D eigenvalue weighted by Gasteiger charge is -2.26. The van der Waals surface area contributed by atoms with Crippen molar-refractivity contribution in [3.05, 3.63) is 23.2 Å². The monoisotopic (exact) mass is 234 g/mol. The Morgan fingerprint density at radius 3 is 3.12 bits per heavy atom. The summed E-state index contributed by atoms with van der Waals surface area (Å²) in [5, 5.41) is 4.35. The Hall–Kier alpha value is -1.13. The number of rotatable bonds is 3. The van der Waals surface area contributed by atoms with Gasteiger partial charge >= 0.3 is 0 Å². The average Bonchev–Trinajstić information content (AvgIpc) is 2.55. The molecule has 1 aromatic heterocycles. The first-order chi connectivity index (χ1) is 7.81. The number of thiazole rings is 1. The standard InChI is InChI=1S/C12H14N2OS/c1-8-14-11-4-10(2-3-12(11)16-8)15-7-9-5-13-6-9/h2-4,9,13H,5-7H2,1H3. The normalized spacial score (nSPS) is 16.3. The number of nitrogens with zero attached hydrogens (tertiary/aromatic N) is 1. The van der Waals surface area contributed by atoms with Crippen LogP contribution in [0.15, 0.2) is 18.2 Å². The molecule has 0 spiro atoms. The van der Waals surface area contributed by atoms with Crippen LogP contribution < -0.4 is 10.1 Å². The van der Waals surface area contributed by atoms with Crippen LogP contribution in [0.5, 0.6) is 5.75 Å². The third-order valence-corrected chi connectivity index (χ3v) is 3.77. The molecule has 84 valence electrons. The average molecular weight is 234 g/mol. The Morgan fingerprint density at radius 2 is 2.38 bits per heavy atom. The maximum absolute atomic E-state index is 5.75. The smallest absolute Gasteiger partial charge is 0.121 e. The van der Waals surface area contributed by atoms with Crippen LogP contribution >= 0.6 is 11.3 Å². The molecular formula is C12H14N2OS. The van der Waals surface area contributed by atoms with Crippen molar-refractivity contribution in [3.63, 3.8) is 0 Å². The molecule has 2 heterocycles. The van der Waals surface area contributed by atoms with E-state index in [1.807, 2.05) is 19.1 Å². The van der Waals surface area contributed by atoms with E-state index in [-0.39, 0.29) is 0 Å². The lowest BCUT2D eigenvalue weighted by molar-refractivity contribution is 0.199. The van der Waals surface area contributed by atoms with Gasteiger partial charge in [0.15, 0.2) is 0 Å². The minimum Gasteiger partial charge on any atom is -0.493 e. The van der Waals surface area contributed by atoms with Crippen molar-refractivity contribution in [1.82, 2.24) is 10.3 Å². The minimum atomic E-state index is 0.674. The van der Waals surface area contributed by atoms with Gasteiger partial charge in [-0.2, -0.15) is 0 Å². The molecule has 1 aliphatic rings. The number of ether oxygens (including phenoxy) is 1. The van der Waals surface area contributed by atoms with E-state index in [0.717, 1.165) is 36.0 Å². The van der Waals surface area contributed by atoms with Gasteiger partial charge in [0.25, 0.3) is 0 Å². The SMILES string of the molecule is Cc1nc2cc(OCC3CNC3)ccc2s1. The van der Waals surface area contributed by atoms with Gasteiger partial charge in [0.1, 0.15) is 5.75 Å². The summed E-state index contributed by atoms with van der Waals surface area (Å²) in [6, 6.07) is 6.16. The molecule has 0 unspecified atom stereocenters. The molecule has 0 amide bonds. The topological polar surface area (TPSA) is 34.1 Å². The van der Waals surface area contributed by atoms with Crippen molar-refractivity contribution in [2.24, 2.45) is 5.92 Å². The number of hydrogen-bond donors (Lipinski definition) is 1. The lowest BCUT2D eigenvalue weighted by Crippen LogP contribution is -2.45. The Labute approximate surface area is 98.5 Å². The molecule has 16 heavy (non-hydrogen) atoms. The number of fused-ring (bicyclic) bond motifs is 1. The largest absolute Gasteiger partial charge is 0.493 e. The Kier molecular flexibility index (Phi) is 2.53. The van der Waals surface area contributed by atoms with Crippen LogP contribution in [0.25, 0.3) is 10.2 Å². The van der Waals surface area contributed by atoms with Crippen molar-refractivity contribution in [1.29, 1.82) is 0 Å². The molecule has 1 aromatic carbocycles. The van der Waals surface area contributed by atoms with E-state index in [9.17, 15) is 0 Å². The van der Waals surface area contributed by atoms with Gasteiger partial charge in [-0.25, -0.2) is 4.98 Å². The summed E-state index contributed by atoms with van der Waals surface area (Å²) in [5.41, 5.74) is 1.05. The second-order valence-electron chi connectivity index (χ2n) is 4.20. The van der Waals surface area contributed by atoms with E-state index < -0.39 is 0 Å². The summed E-state index contributed by atoms with van der Waals surface area (Å²) < 4.78 is 6.98. The van der Waals surface area contributed by atoms with Gasteiger partial charge in [-0.3, -0.25) is 0 Å². The Morgan fingerprint density at radius 1 is 1.50 bits per heavy atom. The van der Waals surface area contributed by atoms with Gasteiger partial charge in [0, 0.05) is 25.1 Å². The lowest BCUT2D eigenvalue weighted by atomic mass is 10.1. The van der Waals surface area contributed by atoms with Crippen LogP contribution in [0.4, 0.5) is 0 Å². The highest BCUT2D eigenvalue weighted by molar-refractivity contribution is 7.18. The van der Waals surface area contributed by atoms with Gasteiger partial charge in [-0.1, -0.05) is 0 Å². The second kappa shape index (κ2) is 4.03. The Balaban J connectivity index is 1.75. The number of hydrogen-bond acceptors (Lipinski definition) is 4. The first-order valence-electron chi connectivity index (χ1n) is 5.52. The highest BCUT2D eigenvalue weighted by Gasteiger charge is 2.17. The van der Waals surface area contributed by atoms with Crippen molar-refractivity contribution in [3.8, 4) is 5.75 Å². The quantitative estimate of drug-likeness (QED) is 0.884. The molecule has 1 N–H and O–H groups in total. The van der Waals surface area contributed by atoms with Crippen molar-refractivity contribution >= 4 is 21.6 Å². The maximum Gasteiger partial charge on any atom is 0.121 e. The van der Waals surface area contributed by atoms with Gasteiger partial charge in [0.05, 0.1) is 21.8 Å². The molecular weight excluding hydrogens is 220 g/mol. The first kappa shape index (κ1) is 10.1. The summed E-state index contributed by atoms with van der Waals surface area (Å²) in [6.07, 6.45) is 0. The molecule has 1 aliphatic heterocycles. The van der Waals surface area contributed by atoms with Crippen LogP contribution in [0.3, 0.4) is 0 Å². The third-order valence-electron chi connectivity index (χ3n) is 2.82. The van der Waals surface area contributed by atoms with Crippen LogP contribution in [0.1, 0.15) is 5.01 Å². The molecule has 1 saturated heterocycles. The highest BCUT2D eigenvalue weighted by Crippen LogP contribution is 2.25. The van der Waals surface area contributed by atoms with E-state index >= 15 is 0 Å². The van der Waals surface area contributed by atoms with Gasteiger partial charge in [-0.15, -0.1) is 11.3 Å². The molecule has 3 rings (SSSR count). The number of nitrogens with one attached hydrogen (secondary N) is 1. The summed E-state index contributed by atoms with van der Waals surface area (Å²) in [6.45, 7) is 5.00. The van der Waals surface area contributed by atoms with E-state index in [4.69, 9.17) is 4.74 Å². The van der Waals surface area contributed by atoms with Gasteiger partial charge in [-0.05, 0) is 19.1 Å². The van der Waals surface area contributed by atoms with E-state index in [2.05, 4.69) is 16.4 Å². The highest BCUT2D eigenvalue weighted by atomic mass is 32.1. The Bertz CT molecular complexity index is 505. The number of aromatic nitrogens is 1. The molecule has 0 radical (unpaired) electrons. The molecule has 3 nitrogen and oxygen atoms in total. The van der Waals surface area contributed by atoms with Gasteiger partial charge < -0.3 is 10.1 Å². The van der Waals surface area contributed by atoms with Crippen molar-refractivity contribution < 1.29 is 4.74 Å². The molecule has 4 heteroatoms. The van der Waals surface area contributed by atoms with Crippen LogP contribution in [-0.2, 0) is 0 Å². The maximum atomic E-state index is 5.75. The van der Waals surface area contributed by atoms with E-state index in [1.54, 1.807) is 11.3 Å². The van der Waals surface area contributed by atoms with Crippen LogP contribution in [-0.4, -0.2) is 24.7 Å². The summed E-state index contributed by atoms with van der Waals surface area (Å²) in [4.78, 5) is 4.46. The first-order valence-corrected chi connectivity index (χ1v) is 6.33.